The normalized spacial score (nSPS) is 15.4. The molecule has 0 fully saturated rings. The molecule has 0 atom stereocenters. The Kier molecular flexibility index (Phi) is 5.66. The molecule has 9 heteroatoms. The van der Waals surface area contributed by atoms with Crippen molar-refractivity contribution in [2.24, 2.45) is 4.99 Å². The van der Waals surface area contributed by atoms with Crippen molar-refractivity contribution >= 4 is 44.9 Å². The van der Waals surface area contributed by atoms with Gasteiger partial charge < -0.3 is 9.50 Å². The molecule has 2 aromatic carbocycles. The SMILES string of the molecule is CC(=O)NC1=NC(=O)/C(=C/c2cccc(OS(=O)(=O)c3ccc(C)cc3)c2)S1. The van der Waals surface area contributed by atoms with Gasteiger partial charge in [0, 0.05) is 6.92 Å². The second-order valence-corrected chi connectivity index (χ2v) is 8.51. The Bertz CT molecular complexity index is 1100. The fourth-order valence-corrected chi connectivity index (χ4v) is 4.08. The monoisotopic (exact) mass is 416 g/mol. The van der Waals surface area contributed by atoms with Gasteiger partial charge in [0.1, 0.15) is 10.6 Å². The molecule has 0 saturated heterocycles. The van der Waals surface area contributed by atoms with Gasteiger partial charge in [-0.15, -0.1) is 0 Å². The lowest BCUT2D eigenvalue weighted by atomic mass is 10.2. The molecule has 0 bridgehead atoms. The van der Waals surface area contributed by atoms with E-state index in [9.17, 15) is 18.0 Å². The molecule has 7 nitrogen and oxygen atoms in total. The first-order valence-corrected chi connectivity index (χ1v) is 10.4. The van der Waals surface area contributed by atoms with Crippen LogP contribution >= 0.6 is 11.8 Å². The number of amidine groups is 1. The molecule has 1 N–H and O–H groups in total. The largest absolute Gasteiger partial charge is 0.379 e. The number of hydrogen-bond donors (Lipinski definition) is 1. The highest BCUT2D eigenvalue weighted by atomic mass is 32.2. The maximum Gasteiger partial charge on any atom is 0.339 e. The van der Waals surface area contributed by atoms with Crippen LogP contribution in [0.3, 0.4) is 0 Å². The molecule has 1 heterocycles. The van der Waals surface area contributed by atoms with Crippen LogP contribution in [0.15, 0.2) is 63.3 Å². The number of nitrogens with zero attached hydrogens (tertiary/aromatic N) is 1. The second-order valence-electron chi connectivity index (χ2n) is 5.94. The number of hydrogen-bond acceptors (Lipinski definition) is 6. The third-order valence-corrected chi connectivity index (χ3v) is 5.74. The first kappa shape index (κ1) is 19.8. The number of aryl methyl sites for hydroxylation is 1. The van der Waals surface area contributed by atoms with Crippen molar-refractivity contribution in [1.29, 1.82) is 0 Å². The number of carbonyl (C=O) groups is 2. The topological polar surface area (TPSA) is 102 Å². The van der Waals surface area contributed by atoms with Crippen molar-refractivity contribution in [2.75, 3.05) is 0 Å². The van der Waals surface area contributed by atoms with E-state index in [2.05, 4.69) is 10.3 Å². The van der Waals surface area contributed by atoms with Gasteiger partial charge in [-0.2, -0.15) is 13.4 Å². The third kappa shape index (κ3) is 4.87. The Balaban J connectivity index is 1.79. The third-order valence-electron chi connectivity index (χ3n) is 3.57. The van der Waals surface area contributed by atoms with Crippen molar-refractivity contribution < 1.29 is 22.2 Å². The molecule has 0 aromatic heterocycles. The van der Waals surface area contributed by atoms with E-state index in [1.54, 1.807) is 30.3 Å². The van der Waals surface area contributed by atoms with Crippen LogP contribution in [0.1, 0.15) is 18.1 Å². The molecule has 0 radical (unpaired) electrons. The summed E-state index contributed by atoms with van der Waals surface area (Å²) < 4.78 is 30.0. The number of thioether (sulfide) groups is 1. The van der Waals surface area contributed by atoms with Crippen molar-refractivity contribution in [2.45, 2.75) is 18.7 Å². The van der Waals surface area contributed by atoms with Gasteiger partial charge in [-0.25, -0.2) is 0 Å². The lowest BCUT2D eigenvalue weighted by Crippen LogP contribution is -2.23. The number of benzene rings is 2. The number of nitrogens with one attached hydrogen (secondary N) is 1. The zero-order chi connectivity index (χ0) is 20.3. The first-order chi connectivity index (χ1) is 13.2. The predicted molar refractivity (Wildman–Crippen MR) is 107 cm³/mol. The minimum Gasteiger partial charge on any atom is -0.379 e. The van der Waals surface area contributed by atoms with Gasteiger partial charge in [-0.3, -0.25) is 9.59 Å². The number of rotatable bonds is 4. The predicted octanol–water partition coefficient (Wildman–Crippen LogP) is 2.87. The van der Waals surface area contributed by atoms with E-state index in [0.29, 0.717) is 10.5 Å². The van der Waals surface area contributed by atoms with E-state index >= 15 is 0 Å². The molecule has 0 unspecified atom stereocenters. The molecule has 144 valence electrons. The van der Waals surface area contributed by atoms with E-state index in [1.165, 1.54) is 31.2 Å². The van der Waals surface area contributed by atoms with Crippen molar-refractivity contribution in [1.82, 2.24) is 5.32 Å². The van der Waals surface area contributed by atoms with E-state index < -0.39 is 16.0 Å². The Morgan fingerprint density at radius 2 is 1.89 bits per heavy atom. The quantitative estimate of drug-likeness (QED) is 0.607. The Morgan fingerprint density at radius 3 is 2.57 bits per heavy atom. The zero-order valence-electron chi connectivity index (χ0n) is 15.0. The molecule has 1 aliphatic rings. The fourth-order valence-electron chi connectivity index (χ4n) is 2.30. The molecule has 1 aliphatic heterocycles. The second kappa shape index (κ2) is 7.99. The molecule has 2 aromatic rings. The van der Waals surface area contributed by atoms with Crippen LogP contribution in [0.4, 0.5) is 0 Å². The Labute approximate surface area is 166 Å². The van der Waals surface area contributed by atoms with Gasteiger partial charge >= 0.3 is 10.1 Å². The van der Waals surface area contributed by atoms with E-state index in [0.717, 1.165) is 17.3 Å². The minimum absolute atomic E-state index is 0.0525. The summed E-state index contributed by atoms with van der Waals surface area (Å²) in [5.74, 6) is -0.683. The summed E-state index contributed by atoms with van der Waals surface area (Å²) >= 11 is 1.03. The molecule has 28 heavy (non-hydrogen) atoms. The van der Waals surface area contributed by atoms with Crippen molar-refractivity contribution in [3.63, 3.8) is 0 Å². The molecule has 0 spiro atoms. The molecular weight excluding hydrogens is 400 g/mol. The van der Waals surface area contributed by atoms with Gasteiger partial charge in [0.25, 0.3) is 5.91 Å². The molecule has 3 rings (SSSR count). The first-order valence-electron chi connectivity index (χ1n) is 8.14. The van der Waals surface area contributed by atoms with Gasteiger partial charge in [-0.05, 0) is 54.6 Å². The van der Waals surface area contributed by atoms with Crippen LogP contribution in [0.2, 0.25) is 0 Å². The van der Waals surface area contributed by atoms with Crippen LogP contribution in [0.25, 0.3) is 6.08 Å². The average molecular weight is 416 g/mol. The highest BCUT2D eigenvalue weighted by Gasteiger charge is 2.22. The summed E-state index contributed by atoms with van der Waals surface area (Å²) in [5.41, 5.74) is 1.50. The number of aliphatic imine (C=N–C) groups is 1. The lowest BCUT2D eigenvalue weighted by molar-refractivity contribution is -0.117. The Hall–Kier alpha value is -2.91. The average Bonchev–Trinajstić information content (AvgIpc) is 2.93. The minimum atomic E-state index is -3.97. The van der Waals surface area contributed by atoms with Crippen LogP contribution in [0.5, 0.6) is 5.75 Å². The van der Waals surface area contributed by atoms with E-state index in [-0.39, 0.29) is 21.7 Å². The highest BCUT2D eigenvalue weighted by Crippen LogP contribution is 2.29. The highest BCUT2D eigenvalue weighted by molar-refractivity contribution is 8.18. The maximum absolute atomic E-state index is 12.4. The summed E-state index contributed by atoms with van der Waals surface area (Å²) in [6.45, 7) is 3.18. The lowest BCUT2D eigenvalue weighted by Gasteiger charge is -2.08. The molecular formula is C19H16N2O5S2. The van der Waals surface area contributed by atoms with Gasteiger partial charge in [-0.1, -0.05) is 29.8 Å². The van der Waals surface area contributed by atoms with Crippen LogP contribution < -0.4 is 9.50 Å². The maximum atomic E-state index is 12.4. The van der Waals surface area contributed by atoms with Gasteiger partial charge in [0.2, 0.25) is 5.91 Å². The summed E-state index contributed by atoms with van der Waals surface area (Å²) in [7, 11) is -3.97. The fraction of sp³-hybridized carbons (Fsp3) is 0.105. The Morgan fingerprint density at radius 1 is 1.18 bits per heavy atom. The van der Waals surface area contributed by atoms with Crippen LogP contribution in [-0.4, -0.2) is 25.4 Å². The smallest absolute Gasteiger partial charge is 0.339 e. The molecule has 2 amide bonds. The standard InChI is InChI=1S/C19H16N2O5S2/c1-12-6-8-16(9-7-12)28(24,25)26-15-5-3-4-14(10-15)11-17-18(23)21-19(27-17)20-13(2)22/h3-11H,1-2H3,(H,20,21,22,23)/b17-11-. The van der Waals surface area contributed by atoms with Gasteiger partial charge in [0.05, 0.1) is 4.91 Å². The van der Waals surface area contributed by atoms with E-state index in [4.69, 9.17) is 4.18 Å². The van der Waals surface area contributed by atoms with Crippen molar-refractivity contribution in [3.8, 4) is 5.75 Å². The summed E-state index contributed by atoms with van der Waals surface area (Å²) in [5, 5.41) is 2.67. The summed E-state index contributed by atoms with van der Waals surface area (Å²) in [6.07, 6.45) is 1.55. The van der Waals surface area contributed by atoms with Crippen molar-refractivity contribution in [3.05, 3.63) is 64.6 Å². The van der Waals surface area contributed by atoms with Crippen LogP contribution in [0, 0.1) is 6.92 Å². The van der Waals surface area contributed by atoms with Crippen LogP contribution in [-0.2, 0) is 19.7 Å². The molecule has 0 aliphatic carbocycles. The zero-order valence-corrected chi connectivity index (χ0v) is 16.6. The summed E-state index contributed by atoms with van der Waals surface area (Å²) in [4.78, 5) is 27.1. The number of amides is 2. The van der Waals surface area contributed by atoms with Gasteiger partial charge in [0.15, 0.2) is 5.17 Å². The molecule has 0 saturated carbocycles. The summed E-state index contributed by atoms with van der Waals surface area (Å²) in [6, 6.07) is 12.7. The number of carbonyl (C=O) groups excluding carboxylic acids is 2. The van der Waals surface area contributed by atoms with E-state index in [1.807, 2.05) is 6.92 Å².